The zero-order chi connectivity index (χ0) is 29.0. The highest BCUT2D eigenvalue weighted by molar-refractivity contribution is 6.35. The fourth-order valence-corrected chi connectivity index (χ4v) is 5.61. The average molecular weight is 589 g/mol. The molecule has 8 nitrogen and oxygen atoms in total. The molecule has 0 aliphatic carbocycles. The van der Waals surface area contributed by atoms with Gasteiger partial charge < -0.3 is 15.0 Å². The Bertz CT molecular complexity index is 1350. The minimum Gasteiger partial charge on any atom is -0.463 e. The van der Waals surface area contributed by atoms with E-state index < -0.39 is 23.9 Å². The predicted octanol–water partition coefficient (Wildman–Crippen LogP) is 5.05. The van der Waals surface area contributed by atoms with Crippen molar-refractivity contribution in [2.45, 2.75) is 25.9 Å². The standard InChI is InChI=1S/C29H31Cl2FN4O4/c1-4-11-36-24(17-34-12-13-35(18(3)16-34)27(37)19-7-6-8-21(32)14-19)25(28(38)40-5-2)26(33-29(36)39)22-10-9-20(30)15-23(22)31/h4,6-10,14-15,18,26H,1,5,11-13,16-17H2,2-3H3,(H,33,39). The Morgan fingerprint density at radius 2 is 1.98 bits per heavy atom. The smallest absolute Gasteiger partial charge is 0.338 e. The van der Waals surface area contributed by atoms with Gasteiger partial charge in [0.05, 0.1) is 18.2 Å². The third kappa shape index (κ3) is 6.32. The van der Waals surface area contributed by atoms with E-state index in [1.54, 1.807) is 42.2 Å². The second-order valence-corrected chi connectivity index (χ2v) is 10.5. The van der Waals surface area contributed by atoms with Gasteiger partial charge in [-0.25, -0.2) is 14.0 Å². The molecule has 1 saturated heterocycles. The lowest BCUT2D eigenvalue weighted by Crippen LogP contribution is -2.56. The van der Waals surface area contributed by atoms with Crippen LogP contribution in [0.5, 0.6) is 0 Å². The first-order valence-electron chi connectivity index (χ1n) is 13.0. The Labute approximate surface area is 243 Å². The van der Waals surface area contributed by atoms with Gasteiger partial charge >= 0.3 is 12.0 Å². The first kappa shape index (κ1) is 29.6. The minimum atomic E-state index is -0.861. The van der Waals surface area contributed by atoms with Gasteiger partial charge in [-0.1, -0.05) is 41.4 Å². The van der Waals surface area contributed by atoms with Crippen LogP contribution in [0.2, 0.25) is 10.0 Å². The molecule has 11 heteroatoms. The summed E-state index contributed by atoms with van der Waals surface area (Å²) < 4.78 is 19.2. The van der Waals surface area contributed by atoms with Crippen LogP contribution in [-0.4, -0.2) is 78.0 Å². The maximum absolute atomic E-state index is 13.7. The molecule has 2 heterocycles. The molecule has 0 bridgehead atoms. The molecule has 40 heavy (non-hydrogen) atoms. The molecule has 0 radical (unpaired) electrons. The molecular formula is C29H31Cl2FN4O4. The van der Waals surface area contributed by atoms with Crippen LogP contribution in [0.15, 0.2) is 66.4 Å². The normalized spacial score (nSPS) is 19.9. The van der Waals surface area contributed by atoms with Crippen molar-refractivity contribution < 1.29 is 23.5 Å². The molecule has 1 N–H and O–H groups in total. The van der Waals surface area contributed by atoms with Gasteiger partial charge in [0.1, 0.15) is 5.82 Å². The maximum atomic E-state index is 13.7. The number of nitrogens with one attached hydrogen (secondary N) is 1. The van der Waals surface area contributed by atoms with Gasteiger partial charge in [0.2, 0.25) is 0 Å². The number of piperazine rings is 1. The number of ether oxygens (including phenoxy) is 1. The molecule has 1 fully saturated rings. The van der Waals surface area contributed by atoms with E-state index in [0.29, 0.717) is 40.9 Å². The summed E-state index contributed by atoms with van der Waals surface area (Å²) in [5.41, 5.74) is 1.53. The van der Waals surface area contributed by atoms with Gasteiger partial charge in [-0.05, 0) is 49.7 Å². The largest absolute Gasteiger partial charge is 0.463 e. The van der Waals surface area contributed by atoms with Crippen LogP contribution in [0.3, 0.4) is 0 Å². The third-order valence-corrected chi connectivity index (χ3v) is 7.50. The Kier molecular flexibility index (Phi) is 9.50. The van der Waals surface area contributed by atoms with Crippen LogP contribution in [0.25, 0.3) is 0 Å². The summed E-state index contributed by atoms with van der Waals surface area (Å²) in [4.78, 5) is 45.1. The van der Waals surface area contributed by atoms with Crippen LogP contribution >= 0.6 is 23.2 Å². The Morgan fingerprint density at radius 1 is 1.20 bits per heavy atom. The molecular weight excluding hydrogens is 558 g/mol. The number of carbonyl (C=O) groups excluding carboxylic acids is 3. The molecule has 2 aliphatic rings. The lowest BCUT2D eigenvalue weighted by atomic mass is 9.93. The van der Waals surface area contributed by atoms with Gasteiger partial charge in [-0.15, -0.1) is 6.58 Å². The van der Waals surface area contributed by atoms with E-state index in [-0.39, 0.29) is 42.8 Å². The number of amides is 3. The number of esters is 1. The molecule has 3 amide bonds. The first-order valence-corrected chi connectivity index (χ1v) is 13.7. The summed E-state index contributed by atoms with van der Waals surface area (Å²) in [6.07, 6.45) is 1.58. The van der Waals surface area contributed by atoms with E-state index in [2.05, 4.69) is 16.8 Å². The Morgan fingerprint density at radius 3 is 2.62 bits per heavy atom. The van der Waals surface area contributed by atoms with Gasteiger partial charge in [-0.3, -0.25) is 14.6 Å². The molecule has 0 spiro atoms. The summed E-state index contributed by atoms with van der Waals surface area (Å²) in [5.74, 6) is -1.29. The topological polar surface area (TPSA) is 82.2 Å². The molecule has 0 saturated carbocycles. The average Bonchev–Trinajstić information content (AvgIpc) is 2.90. The van der Waals surface area contributed by atoms with Crippen LogP contribution in [0, 0.1) is 5.82 Å². The van der Waals surface area contributed by atoms with Gasteiger partial charge in [0, 0.05) is 60.1 Å². The number of urea groups is 1. The number of carbonyl (C=O) groups is 3. The highest BCUT2D eigenvalue weighted by Gasteiger charge is 2.40. The molecule has 2 aliphatic heterocycles. The molecule has 2 atom stereocenters. The second kappa shape index (κ2) is 12.8. The van der Waals surface area contributed by atoms with Crippen molar-refractivity contribution >= 4 is 41.1 Å². The van der Waals surface area contributed by atoms with E-state index in [1.807, 2.05) is 6.92 Å². The van der Waals surface area contributed by atoms with Crippen molar-refractivity contribution in [2.24, 2.45) is 0 Å². The molecule has 4 rings (SSSR count). The zero-order valence-corrected chi connectivity index (χ0v) is 23.8. The van der Waals surface area contributed by atoms with Crippen molar-refractivity contribution in [3.63, 3.8) is 0 Å². The van der Waals surface area contributed by atoms with Gasteiger partial charge in [-0.2, -0.15) is 0 Å². The first-order chi connectivity index (χ1) is 19.1. The SMILES string of the molecule is C=CCN1C(=O)NC(c2ccc(Cl)cc2Cl)C(C(=O)OCC)=C1CN1CCN(C(=O)c2cccc(F)c2)C(C)C1. The van der Waals surface area contributed by atoms with E-state index >= 15 is 0 Å². The van der Waals surface area contributed by atoms with Crippen molar-refractivity contribution in [1.82, 2.24) is 20.0 Å². The van der Waals surface area contributed by atoms with Crippen molar-refractivity contribution in [2.75, 3.05) is 39.3 Å². The summed E-state index contributed by atoms with van der Waals surface area (Å²) in [7, 11) is 0. The molecule has 212 valence electrons. The monoisotopic (exact) mass is 588 g/mol. The molecule has 2 aromatic carbocycles. The van der Waals surface area contributed by atoms with E-state index in [1.165, 1.54) is 23.1 Å². The van der Waals surface area contributed by atoms with Gasteiger partial charge in [0.15, 0.2) is 0 Å². The Hall–Kier alpha value is -3.40. The van der Waals surface area contributed by atoms with Gasteiger partial charge in [0.25, 0.3) is 5.91 Å². The second-order valence-electron chi connectivity index (χ2n) is 9.62. The summed E-state index contributed by atoms with van der Waals surface area (Å²) in [6.45, 7) is 9.27. The van der Waals surface area contributed by atoms with Crippen molar-refractivity contribution in [3.8, 4) is 0 Å². The van der Waals surface area contributed by atoms with E-state index in [0.717, 1.165) is 0 Å². The number of rotatable bonds is 8. The summed E-state index contributed by atoms with van der Waals surface area (Å²) in [5, 5.41) is 3.61. The number of benzene rings is 2. The highest BCUT2D eigenvalue weighted by Crippen LogP contribution is 2.36. The number of hydrogen-bond donors (Lipinski definition) is 1. The lowest BCUT2D eigenvalue weighted by molar-refractivity contribution is -0.139. The maximum Gasteiger partial charge on any atom is 0.338 e. The molecule has 0 aromatic heterocycles. The fraction of sp³-hybridized carbons (Fsp3) is 0.345. The van der Waals surface area contributed by atoms with Crippen LogP contribution in [-0.2, 0) is 9.53 Å². The number of hydrogen-bond acceptors (Lipinski definition) is 5. The Balaban J connectivity index is 1.67. The van der Waals surface area contributed by atoms with Crippen LogP contribution in [0.4, 0.5) is 9.18 Å². The van der Waals surface area contributed by atoms with Crippen LogP contribution < -0.4 is 5.32 Å². The molecule has 2 aromatic rings. The molecule has 2 unspecified atom stereocenters. The zero-order valence-electron chi connectivity index (χ0n) is 22.3. The number of nitrogens with zero attached hydrogens (tertiary/aromatic N) is 3. The lowest BCUT2D eigenvalue weighted by Gasteiger charge is -2.43. The van der Waals surface area contributed by atoms with Crippen molar-refractivity contribution in [3.05, 3.63) is 93.4 Å². The van der Waals surface area contributed by atoms with Crippen LogP contribution in [0.1, 0.15) is 35.8 Å². The van der Waals surface area contributed by atoms with E-state index in [9.17, 15) is 18.8 Å². The quantitative estimate of drug-likeness (QED) is 0.345. The highest BCUT2D eigenvalue weighted by atomic mass is 35.5. The van der Waals surface area contributed by atoms with Crippen molar-refractivity contribution in [1.29, 1.82) is 0 Å². The third-order valence-electron chi connectivity index (χ3n) is 6.94. The predicted molar refractivity (Wildman–Crippen MR) is 152 cm³/mol. The summed E-state index contributed by atoms with van der Waals surface area (Å²) >= 11 is 12.6. The minimum absolute atomic E-state index is 0.143. The van der Waals surface area contributed by atoms with E-state index in [4.69, 9.17) is 27.9 Å². The fourth-order valence-electron chi connectivity index (χ4n) is 5.09. The number of halogens is 3. The summed E-state index contributed by atoms with van der Waals surface area (Å²) in [6, 6.07) is 9.03.